The van der Waals surface area contributed by atoms with Gasteiger partial charge in [-0.3, -0.25) is 0 Å². The van der Waals surface area contributed by atoms with Crippen LogP contribution in [0.5, 0.6) is 5.75 Å². The Bertz CT molecular complexity index is 328. The average molecular weight is 236 g/mol. The fourth-order valence-corrected chi connectivity index (χ4v) is 2.09. The lowest BCUT2D eigenvalue weighted by atomic mass is 10.0. The molecule has 0 bridgehead atoms. The van der Waals surface area contributed by atoms with Gasteiger partial charge in [0.1, 0.15) is 5.75 Å². The van der Waals surface area contributed by atoms with Gasteiger partial charge >= 0.3 is 0 Å². The van der Waals surface area contributed by atoms with Gasteiger partial charge in [0.15, 0.2) is 0 Å². The van der Waals surface area contributed by atoms with E-state index in [4.69, 9.17) is 10.5 Å². The Balaban J connectivity index is 2.87. The van der Waals surface area contributed by atoms with Gasteiger partial charge in [-0.25, -0.2) is 0 Å². The predicted octanol–water partition coefficient (Wildman–Crippen LogP) is 3.00. The molecule has 1 unspecified atom stereocenters. The minimum Gasteiger partial charge on any atom is -0.495 e. The number of ether oxygens (including phenoxy) is 1. The third kappa shape index (κ3) is 3.93. The molecule has 0 radical (unpaired) electrons. The molecule has 1 rings (SSSR count). The highest BCUT2D eigenvalue weighted by atomic mass is 16.5. The maximum absolute atomic E-state index is 5.76. The van der Waals surface area contributed by atoms with E-state index in [0.717, 1.165) is 23.4 Å². The van der Waals surface area contributed by atoms with Crippen molar-refractivity contribution in [1.29, 1.82) is 0 Å². The Hall–Kier alpha value is -1.22. The molecular weight excluding hydrogens is 212 g/mol. The summed E-state index contributed by atoms with van der Waals surface area (Å²) in [6.45, 7) is 7.16. The van der Waals surface area contributed by atoms with E-state index in [2.05, 4.69) is 26.1 Å². The zero-order valence-corrected chi connectivity index (χ0v) is 11.3. The first kappa shape index (κ1) is 13.8. The van der Waals surface area contributed by atoms with Crippen molar-refractivity contribution < 1.29 is 4.74 Å². The highest BCUT2D eigenvalue weighted by Gasteiger charge is 2.11. The molecule has 3 heteroatoms. The van der Waals surface area contributed by atoms with Crippen molar-refractivity contribution in [3.8, 4) is 5.75 Å². The molecule has 0 aliphatic rings. The molecule has 0 aliphatic carbocycles. The molecule has 0 saturated carbocycles. The molecule has 0 aliphatic heterocycles. The molecule has 3 N–H and O–H groups in total. The molecule has 0 heterocycles. The van der Waals surface area contributed by atoms with Crippen LogP contribution in [0.25, 0.3) is 0 Å². The number of nitrogens with one attached hydrogen (secondary N) is 1. The number of nitrogens with two attached hydrogens (primary N) is 1. The van der Waals surface area contributed by atoms with Gasteiger partial charge < -0.3 is 15.8 Å². The second kappa shape index (κ2) is 6.50. The van der Waals surface area contributed by atoms with Gasteiger partial charge in [0, 0.05) is 12.6 Å². The predicted molar refractivity (Wildman–Crippen MR) is 73.4 cm³/mol. The zero-order valence-electron chi connectivity index (χ0n) is 11.3. The van der Waals surface area contributed by atoms with E-state index in [1.54, 1.807) is 7.11 Å². The summed E-state index contributed by atoms with van der Waals surface area (Å²) in [7, 11) is 1.69. The largest absolute Gasteiger partial charge is 0.495 e. The monoisotopic (exact) mass is 236 g/mol. The Kier molecular flexibility index (Phi) is 5.29. The van der Waals surface area contributed by atoms with E-state index in [1.165, 1.54) is 0 Å². The van der Waals surface area contributed by atoms with Crippen molar-refractivity contribution >= 4 is 5.69 Å². The van der Waals surface area contributed by atoms with Crippen LogP contribution >= 0.6 is 0 Å². The van der Waals surface area contributed by atoms with Crippen molar-refractivity contribution in [1.82, 2.24) is 0 Å². The summed E-state index contributed by atoms with van der Waals surface area (Å²) in [6.07, 6.45) is 1.13. The van der Waals surface area contributed by atoms with E-state index in [0.29, 0.717) is 18.5 Å². The van der Waals surface area contributed by atoms with Crippen LogP contribution in [0.3, 0.4) is 0 Å². The van der Waals surface area contributed by atoms with Gasteiger partial charge in [-0.05, 0) is 30.9 Å². The second-order valence-corrected chi connectivity index (χ2v) is 4.87. The van der Waals surface area contributed by atoms with Gasteiger partial charge in [0.2, 0.25) is 0 Å². The van der Waals surface area contributed by atoms with Crippen molar-refractivity contribution in [2.24, 2.45) is 11.7 Å². The summed E-state index contributed by atoms with van der Waals surface area (Å²) in [6, 6.07) is 6.38. The third-order valence-corrected chi connectivity index (χ3v) is 2.77. The van der Waals surface area contributed by atoms with Crippen LogP contribution in [0.1, 0.15) is 32.8 Å². The highest BCUT2D eigenvalue weighted by Crippen LogP contribution is 2.29. The first-order valence-electron chi connectivity index (χ1n) is 6.21. The minimum atomic E-state index is 0.414. The number of methoxy groups -OCH3 is 1. The molecule has 0 aromatic heterocycles. The maximum atomic E-state index is 5.76. The molecule has 1 atom stereocenters. The zero-order chi connectivity index (χ0) is 12.8. The number of hydrogen-bond donors (Lipinski definition) is 2. The van der Waals surface area contributed by atoms with Crippen molar-refractivity contribution in [3.63, 3.8) is 0 Å². The smallest absolute Gasteiger partial charge is 0.142 e. The van der Waals surface area contributed by atoms with Crippen LogP contribution in [0.15, 0.2) is 18.2 Å². The van der Waals surface area contributed by atoms with Crippen LogP contribution in [0.2, 0.25) is 0 Å². The Morgan fingerprint density at radius 2 is 2.00 bits per heavy atom. The standard InChI is InChI=1S/C14H24N2O/c1-10(2)8-11(3)16-14-12(9-15)6-5-7-13(14)17-4/h5-7,10-11,16H,8-9,15H2,1-4H3. The lowest BCUT2D eigenvalue weighted by Gasteiger charge is -2.21. The number of hydrogen-bond acceptors (Lipinski definition) is 3. The van der Waals surface area contributed by atoms with Crippen LogP contribution in [0.4, 0.5) is 5.69 Å². The molecule has 96 valence electrons. The minimum absolute atomic E-state index is 0.414. The first-order chi connectivity index (χ1) is 8.08. The van der Waals surface area contributed by atoms with Crippen LogP contribution in [-0.2, 0) is 6.54 Å². The van der Waals surface area contributed by atoms with Crippen LogP contribution < -0.4 is 15.8 Å². The second-order valence-electron chi connectivity index (χ2n) is 4.87. The number of benzene rings is 1. The van der Waals surface area contributed by atoms with E-state index >= 15 is 0 Å². The van der Waals surface area contributed by atoms with E-state index in [9.17, 15) is 0 Å². The molecule has 1 aromatic rings. The number of rotatable bonds is 6. The fraction of sp³-hybridized carbons (Fsp3) is 0.571. The van der Waals surface area contributed by atoms with Crippen molar-refractivity contribution in [3.05, 3.63) is 23.8 Å². The summed E-state index contributed by atoms with van der Waals surface area (Å²) >= 11 is 0. The Morgan fingerprint density at radius 3 is 2.53 bits per heavy atom. The normalized spacial score (nSPS) is 12.6. The molecule has 3 nitrogen and oxygen atoms in total. The van der Waals surface area contributed by atoms with Gasteiger partial charge in [-0.1, -0.05) is 26.0 Å². The van der Waals surface area contributed by atoms with Gasteiger partial charge in [-0.15, -0.1) is 0 Å². The van der Waals surface area contributed by atoms with E-state index < -0.39 is 0 Å². The molecule has 0 spiro atoms. The van der Waals surface area contributed by atoms with Crippen LogP contribution in [0, 0.1) is 5.92 Å². The molecule has 0 amide bonds. The highest BCUT2D eigenvalue weighted by molar-refractivity contribution is 5.62. The number of anilines is 1. The number of para-hydroxylation sites is 1. The molecule has 17 heavy (non-hydrogen) atoms. The maximum Gasteiger partial charge on any atom is 0.142 e. The quantitative estimate of drug-likeness (QED) is 0.798. The summed E-state index contributed by atoms with van der Waals surface area (Å²) < 4.78 is 5.38. The first-order valence-corrected chi connectivity index (χ1v) is 6.21. The van der Waals surface area contributed by atoms with E-state index in [-0.39, 0.29) is 0 Å². The third-order valence-electron chi connectivity index (χ3n) is 2.77. The summed E-state index contributed by atoms with van der Waals surface area (Å²) in [5.41, 5.74) is 7.89. The molecule has 1 aromatic carbocycles. The van der Waals surface area contributed by atoms with Crippen molar-refractivity contribution in [2.75, 3.05) is 12.4 Å². The lowest BCUT2D eigenvalue weighted by molar-refractivity contribution is 0.415. The Morgan fingerprint density at radius 1 is 1.29 bits per heavy atom. The molecular formula is C14H24N2O. The Labute approximate surface area is 104 Å². The summed E-state index contributed by atoms with van der Waals surface area (Å²) in [4.78, 5) is 0. The summed E-state index contributed by atoms with van der Waals surface area (Å²) in [5.74, 6) is 1.54. The van der Waals surface area contributed by atoms with E-state index in [1.807, 2.05) is 18.2 Å². The van der Waals surface area contributed by atoms with Gasteiger partial charge in [0.05, 0.1) is 12.8 Å². The lowest BCUT2D eigenvalue weighted by Crippen LogP contribution is -2.19. The van der Waals surface area contributed by atoms with Crippen LogP contribution in [-0.4, -0.2) is 13.2 Å². The SMILES string of the molecule is COc1cccc(CN)c1NC(C)CC(C)C. The molecule has 0 saturated heterocycles. The molecule has 0 fully saturated rings. The van der Waals surface area contributed by atoms with Gasteiger partial charge in [-0.2, -0.15) is 0 Å². The van der Waals surface area contributed by atoms with Gasteiger partial charge in [0.25, 0.3) is 0 Å². The fourth-order valence-electron chi connectivity index (χ4n) is 2.09. The topological polar surface area (TPSA) is 47.3 Å². The summed E-state index contributed by atoms with van der Waals surface area (Å²) in [5, 5.41) is 3.51. The average Bonchev–Trinajstić information content (AvgIpc) is 2.28. The van der Waals surface area contributed by atoms with Crippen molar-refractivity contribution in [2.45, 2.75) is 39.8 Å².